The summed E-state index contributed by atoms with van der Waals surface area (Å²) in [6.45, 7) is 0. The number of unbranched alkanes of at least 4 members (excludes halogenated alkanes) is 2. The van der Waals surface area contributed by atoms with Crippen molar-refractivity contribution < 1.29 is 0 Å². The summed E-state index contributed by atoms with van der Waals surface area (Å²) in [5.74, 6) is 2.07. The number of allylic oxidation sites excluding steroid dienone is 2. The fourth-order valence-corrected chi connectivity index (χ4v) is 2.17. The Morgan fingerprint density at radius 3 is 1.90 bits per heavy atom. The molecule has 0 atom stereocenters. The van der Waals surface area contributed by atoms with Crippen LogP contribution in [0.3, 0.4) is 0 Å². The highest BCUT2D eigenvalue weighted by Gasteiger charge is 2.03. The van der Waals surface area contributed by atoms with E-state index in [9.17, 15) is 0 Å². The Balaban J connectivity index is 2.21. The molecule has 0 spiro atoms. The zero-order chi connectivity index (χ0) is 14.0. The van der Waals surface area contributed by atoms with E-state index in [0.717, 1.165) is 19.3 Å². The van der Waals surface area contributed by atoms with Gasteiger partial charge in [0.2, 0.25) is 0 Å². The molecule has 0 saturated heterocycles. The van der Waals surface area contributed by atoms with E-state index in [1.54, 1.807) is 6.08 Å². The molecule has 0 saturated carbocycles. The first-order valence-corrected chi connectivity index (χ1v) is 6.94. The summed E-state index contributed by atoms with van der Waals surface area (Å²) in [6.07, 6.45) is 6.78. The van der Waals surface area contributed by atoms with Crippen molar-refractivity contribution in [2.24, 2.45) is 0 Å². The van der Waals surface area contributed by atoms with Gasteiger partial charge >= 0.3 is 0 Å². The van der Waals surface area contributed by atoms with E-state index in [0.29, 0.717) is 0 Å². The van der Waals surface area contributed by atoms with Crippen LogP contribution in [-0.4, -0.2) is 5.87 Å². The van der Waals surface area contributed by atoms with Crippen LogP contribution in [0.4, 0.5) is 0 Å². The molecule has 0 heterocycles. The van der Waals surface area contributed by atoms with Gasteiger partial charge in [-0.05, 0) is 42.0 Å². The summed E-state index contributed by atoms with van der Waals surface area (Å²) in [5.41, 5.74) is 3.74. The van der Waals surface area contributed by atoms with Crippen LogP contribution in [0, 0.1) is 0 Å². The van der Waals surface area contributed by atoms with Crippen molar-refractivity contribution in [2.75, 3.05) is 0 Å². The summed E-state index contributed by atoms with van der Waals surface area (Å²) in [6, 6.07) is 20.9. The Bertz CT molecular complexity index is 549. The molecule has 2 rings (SSSR count). The third-order valence-electron chi connectivity index (χ3n) is 3.16. The maximum atomic E-state index is 8.51. The van der Waals surface area contributed by atoms with Crippen molar-refractivity contribution in [3.05, 3.63) is 83.9 Å². The van der Waals surface area contributed by atoms with E-state index in [1.165, 1.54) is 16.7 Å². The number of nitrogens with zero attached hydrogens (tertiary/aromatic N) is 1. The predicted molar refractivity (Wildman–Crippen MR) is 85.5 cm³/mol. The lowest BCUT2D eigenvalue weighted by molar-refractivity contribution is 0.873. The van der Waals surface area contributed by atoms with E-state index >= 15 is 0 Å². The smallest absolute Gasteiger partial charge is 0.00703 e. The van der Waals surface area contributed by atoms with Crippen molar-refractivity contribution in [1.82, 2.24) is 5.41 Å². The molecule has 1 heteroatoms. The van der Waals surface area contributed by atoms with Crippen LogP contribution >= 0.6 is 0 Å². The van der Waals surface area contributed by atoms with Crippen LogP contribution in [0.1, 0.15) is 30.4 Å². The third-order valence-corrected chi connectivity index (χ3v) is 3.16. The molecule has 2 aromatic carbocycles. The molecule has 1 nitrogen and oxygen atoms in total. The van der Waals surface area contributed by atoms with Crippen LogP contribution in [0.15, 0.2) is 72.8 Å². The van der Waals surface area contributed by atoms with Gasteiger partial charge in [0.05, 0.1) is 0 Å². The van der Waals surface area contributed by atoms with Gasteiger partial charge in [0, 0.05) is 5.87 Å². The van der Waals surface area contributed by atoms with Crippen LogP contribution in [-0.2, 0) is 0 Å². The van der Waals surface area contributed by atoms with Gasteiger partial charge in [-0.25, -0.2) is 0 Å². The number of hydrogen-bond donors (Lipinski definition) is 0. The normalized spacial score (nSPS) is 9.60. The first-order valence-electron chi connectivity index (χ1n) is 6.94. The molecule has 0 aromatic heterocycles. The maximum absolute atomic E-state index is 8.51. The lowest BCUT2D eigenvalue weighted by Gasteiger charge is -2.08. The second-order valence-electron chi connectivity index (χ2n) is 4.61. The first kappa shape index (κ1) is 14.0. The molecule has 0 unspecified atom stereocenters. The van der Waals surface area contributed by atoms with Gasteiger partial charge < -0.3 is 0 Å². The van der Waals surface area contributed by atoms with Crippen molar-refractivity contribution in [3.63, 3.8) is 0 Å². The molecule has 99 valence electrons. The molecule has 20 heavy (non-hydrogen) atoms. The van der Waals surface area contributed by atoms with Crippen LogP contribution in [0.5, 0.6) is 0 Å². The minimum atomic E-state index is 0.851. The fourth-order valence-electron chi connectivity index (χ4n) is 2.17. The summed E-state index contributed by atoms with van der Waals surface area (Å²) < 4.78 is 0. The van der Waals surface area contributed by atoms with Gasteiger partial charge in [0.25, 0.3) is 0 Å². The molecule has 2 aromatic rings. The zero-order valence-corrected chi connectivity index (χ0v) is 11.5. The van der Waals surface area contributed by atoms with E-state index < -0.39 is 0 Å². The average Bonchev–Trinajstić information content (AvgIpc) is 2.53. The molecule has 0 N–H and O–H groups in total. The van der Waals surface area contributed by atoms with E-state index in [2.05, 4.69) is 60.5 Å². The summed E-state index contributed by atoms with van der Waals surface area (Å²) in [7, 11) is 0. The SMILES string of the molecule is [N]=C=CCCCC=C(c1ccccc1)c1ccccc1. The Hall–Kier alpha value is -2.37. The van der Waals surface area contributed by atoms with E-state index in [-0.39, 0.29) is 0 Å². The monoisotopic (exact) mass is 260 g/mol. The number of rotatable bonds is 6. The second kappa shape index (κ2) is 7.93. The van der Waals surface area contributed by atoms with Crippen LogP contribution in [0.25, 0.3) is 5.57 Å². The largest absolute Gasteiger partial charge is 0.0973 e. The minimum Gasteiger partial charge on any atom is -0.0973 e. The van der Waals surface area contributed by atoms with E-state index in [4.69, 9.17) is 5.41 Å². The highest BCUT2D eigenvalue weighted by Crippen LogP contribution is 2.24. The van der Waals surface area contributed by atoms with Crippen molar-refractivity contribution in [2.45, 2.75) is 19.3 Å². The Morgan fingerprint density at radius 2 is 1.40 bits per heavy atom. The van der Waals surface area contributed by atoms with Gasteiger partial charge in [0.1, 0.15) is 0 Å². The molecular weight excluding hydrogens is 242 g/mol. The molecule has 0 bridgehead atoms. The topological polar surface area (TPSA) is 22.3 Å². The van der Waals surface area contributed by atoms with Crippen molar-refractivity contribution in [3.8, 4) is 0 Å². The molecular formula is C19H18N. The Kier molecular flexibility index (Phi) is 5.57. The molecule has 1 radical (unpaired) electrons. The third kappa shape index (κ3) is 4.08. The van der Waals surface area contributed by atoms with Gasteiger partial charge in [-0.1, -0.05) is 72.1 Å². The van der Waals surface area contributed by atoms with E-state index in [1.807, 2.05) is 12.1 Å². The number of hydrogen-bond acceptors (Lipinski definition) is 0. The van der Waals surface area contributed by atoms with Crippen LogP contribution < -0.4 is 5.41 Å². The Morgan fingerprint density at radius 1 is 0.850 bits per heavy atom. The Labute approximate surface area is 120 Å². The van der Waals surface area contributed by atoms with Gasteiger partial charge in [0.15, 0.2) is 0 Å². The molecule has 0 fully saturated rings. The number of benzene rings is 2. The molecule has 0 amide bonds. The summed E-state index contributed by atoms with van der Waals surface area (Å²) >= 11 is 0. The van der Waals surface area contributed by atoms with Crippen molar-refractivity contribution in [1.29, 1.82) is 0 Å². The minimum absolute atomic E-state index is 0.851. The van der Waals surface area contributed by atoms with Gasteiger partial charge in [-0.15, -0.1) is 0 Å². The van der Waals surface area contributed by atoms with Gasteiger partial charge in [-0.2, -0.15) is 0 Å². The predicted octanol–water partition coefficient (Wildman–Crippen LogP) is 4.31. The lowest BCUT2D eigenvalue weighted by Crippen LogP contribution is -1.87. The quantitative estimate of drug-likeness (QED) is 0.545. The second-order valence-corrected chi connectivity index (χ2v) is 4.61. The standard InChI is InChI=1S/C19H18N/c20-16-10-2-1-9-15-19(17-11-5-3-6-12-17)18-13-7-4-8-14-18/h3-8,10-15H,1-2,9H2. The van der Waals surface area contributed by atoms with Gasteiger partial charge in [-0.3, -0.25) is 0 Å². The first-order chi connectivity index (χ1) is 9.92. The highest BCUT2D eigenvalue weighted by molar-refractivity contribution is 5.79. The average molecular weight is 260 g/mol. The molecule has 0 aliphatic carbocycles. The maximum Gasteiger partial charge on any atom is 0.00703 e. The van der Waals surface area contributed by atoms with Crippen molar-refractivity contribution >= 4 is 11.4 Å². The summed E-state index contributed by atoms with van der Waals surface area (Å²) in [5, 5.41) is 8.51. The lowest BCUT2D eigenvalue weighted by atomic mass is 9.96. The molecule has 0 aliphatic rings. The fraction of sp³-hybridized carbons (Fsp3) is 0.158. The summed E-state index contributed by atoms with van der Waals surface area (Å²) in [4.78, 5) is 0. The van der Waals surface area contributed by atoms with Crippen LogP contribution in [0.2, 0.25) is 0 Å². The highest BCUT2D eigenvalue weighted by atomic mass is 14.3. The zero-order valence-electron chi connectivity index (χ0n) is 11.5. The molecule has 0 aliphatic heterocycles.